The van der Waals surface area contributed by atoms with Gasteiger partial charge in [0, 0.05) is 18.0 Å². The van der Waals surface area contributed by atoms with E-state index in [1.807, 2.05) is 78.2 Å². The molecule has 0 unspecified atom stereocenters. The molecule has 7 heteroatoms. The zero-order valence-corrected chi connectivity index (χ0v) is 22.0. The number of benzene rings is 2. The number of thiophene rings is 1. The predicted molar refractivity (Wildman–Crippen MR) is 143 cm³/mol. The first-order valence-corrected chi connectivity index (χ1v) is 13.5. The molecule has 6 nitrogen and oxygen atoms in total. The van der Waals surface area contributed by atoms with Gasteiger partial charge in [-0.25, -0.2) is 0 Å². The molecule has 36 heavy (non-hydrogen) atoms. The normalized spacial score (nSPS) is 16.1. The summed E-state index contributed by atoms with van der Waals surface area (Å²) in [5.74, 6) is 0.908. The lowest BCUT2D eigenvalue weighted by Crippen LogP contribution is -2.48. The van der Waals surface area contributed by atoms with Crippen LogP contribution in [0.1, 0.15) is 34.5 Å². The SMILES string of the molecule is CCN(CC(=O)N1CCc2sccc2[C@H]1COc1ccccc1C)C[C@@H](O)COCc1ccccc1. The summed E-state index contributed by atoms with van der Waals surface area (Å²) in [6.45, 7) is 7.14. The van der Waals surface area contributed by atoms with Crippen molar-refractivity contribution in [2.45, 2.75) is 39.0 Å². The molecule has 1 amide bonds. The first-order valence-electron chi connectivity index (χ1n) is 12.6. The zero-order valence-electron chi connectivity index (χ0n) is 21.1. The van der Waals surface area contributed by atoms with Crippen LogP contribution in [-0.2, 0) is 22.6 Å². The van der Waals surface area contributed by atoms with Gasteiger partial charge in [0.25, 0.3) is 0 Å². The average molecular weight is 509 g/mol. The van der Waals surface area contributed by atoms with E-state index in [2.05, 4.69) is 11.4 Å². The monoisotopic (exact) mass is 508 g/mol. The number of carbonyl (C=O) groups excluding carboxylic acids is 1. The smallest absolute Gasteiger partial charge is 0.237 e. The Bertz CT molecular complexity index is 1100. The third-order valence-corrected chi connectivity index (χ3v) is 7.60. The summed E-state index contributed by atoms with van der Waals surface area (Å²) in [6, 6.07) is 19.9. The molecule has 0 saturated heterocycles. The molecule has 0 fully saturated rings. The fraction of sp³-hybridized carbons (Fsp3) is 0.414. The summed E-state index contributed by atoms with van der Waals surface area (Å²) in [7, 11) is 0. The van der Waals surface area contributed by atoms with E-state index in [1.54, 1.807) is 11.3 Å². The molecule has 1 aliphatic rings. The molecule has 0 radical (unpaired) electrons. The number of hydrogen-bond acceptors (Lipinski definition) is 6. The van der Waals surface area contributed by atoms with Crippen LogP contribution in [0.3, 0.4) is 0 Å². The van der Waals surface area contributed by atoms with Crippen molar-refractivity contribution in [1.82, 2.24) is 9.80 Å². The predicted octanol–water partition coefficient (Wildman–Crippen LogP) is 4.46. The van der Waals surface area contributed by atoms with Crippen LogP contribution in [0, 0.1) is 6.92 Å². The standard InChI is InChI=1S/C29H36N2O4S/c1-3-30(17-24(32)20-34-19-23-10-5-4-6-11-23)18-29(33)31-15-13-28-25(14-16-36-28)26(31)21-35-27-12-8-7-9-22(27)2/h4-12,14,16,24,26,32H,3,13,15,17-21H2,1-2H3/t24-,26-/m1/s1. The van der Waals surface area contributed by atoms with Gasteiger partial charge in [0.2, 0.25) is 5.91 Å². The largest absolute Gasteiger partial charge is 0.491 e. The molecular weight excluding hydrogens is 472 g/mol. The quantitative estimate of drug-likeness (QED) is 0.391. The Morgan fingerprint density at radius 2 is 1.94 bits per heavy atom. The Morgan fingerprint density at radius 3 is 2.72 bits per heavy atom. The highest BCUT2D eigenvalue weighted by atomic mass is 32.1. The van der Waals surface area contributed by atoms with Crippen molar-refractivity contribution in [3.8, 4) is 5.75 Å². The third-order valence-electron chi connectivity index (χ3n) is 6.60. The number of aryl methyl sites for hydroxylation is 1. The number of hydrogen-bond donors (Lipinski definition) is 1. The highest BCUT2D eigenvalue weighted by Crippen LogP contribution is 2.34. The van der Waals surface area contributed by atoms with Crippen LogP contribution in [-0.4, -0.2) is 66.3 Å². The number of aliphatic hydroxyl groups is 1. The van der Waals surface area contributed by atoms with Crippen molar-refractivity contribution < 1.29 is 19.4 Å². The molecule has 4 rings (SSSR count). The Kier molecular flexibility index (Phi) is 9.53. The van der Waals surface area contributed by atoms with E-state index in [0.717, 1.165) is 23.3 Å². The Balaban J connectivity index is 1.34. The van der Waals surface area contributed by atoms with E-state index in [-0.39, 0.29) is 25.1 Å². The van der Waals surface area contributed by atoms with Gasteiger partial charge in [-0.1, -0.05) is 55.5 Å². The summed E-state index contributed by atoms with van der Waals surface area (Å²) in [5, 5.41) is 12.6. The van der Waals surface area contributed by atoms with Gasteiger partial charge in [-0.2, -0.15) is 0 Å². The summed E-state index contributed by atoms with van der Waals surface area (Å²) >= 11 is 1.75. The van der Waals surface area contributed by atoms with Gasteiger partial charge in [0.1, 0.15) is 12.4 Å². The number of aliphatic hydroxyl groups excluding tert-OH is 1. The number of para-hydroxylation sites is 1. The molecule has 2 atom stereocenters. The number of carbonyl (C=O) groups is 1. The lowest BCUT2D eigenvalue weighted by Gasteiger charge is -2.37. The number of ether oxygens (including phenoxy) is 2. The van der Waals surface area contributed by atoms with Crippen molar-refractivity contribution in [2.75, 3.05) is 39.4 Å². The van der Waals surface area contributed by atoms with Gasteiger partial charge in [-0.05, 0) is 54.1 Å². The van der Waals surface area contributed by atoms with E-state index in [1.165, 1.54) is 10.4 Å². The molecule has 1 N–H and O–H groups in total. The highest BCUT2D eigenvalue weighted by Gasteiger charge is 2.33. The van der Waals surface area contributed by atoms with Gasteiger partial charge in [-0.15, -0.1) is 11.3 Å². The summed E-state index contributed by atoms with van der Waals surface area (Å²) < 4.78 is 11.9. The second-order valence-corrected chi connectivity index (χ2v) is 10.2. The fourth-order valence-electron chi connectivity index (χ4n) is 4.59. The Hall–Kier alpha value is -2.71. The summed E-state index contributed by atoms with van der Waals surface area (Å²) in [6.07, 6.45) is 0.202. The maximum atomic E-state index is 13.5. The maximum Gasteiger partial charge on any atom is 0.237 e. The van der Waals surface area contributed by atoms with E-state index in [4.69, 9.17) is 9.47 Å². The third kappa shape index (κ3) is 6.95. The number of amides is 1. The second kappa shape index (κ2) is 13.0. The molecule has 1 aromatic heterocycles. The molecule has 0 bridgehead atoms. The second-order valence-electron chi connectivity index (χ2n) is 9.21. The molecule has 0 saturated carbocycles. The molecule has 0 aliphatic carbocycles. The Labute approximate surface area is 218 Å². The van der Waals surface area contributed by atoms with Crippen molar-refractivity contribution in [3.05, 3.63) is 87.6 Å². The van der Waals surface area contributed by atoms with Crippen LogP contribution in [0.25, 0.3) is 0 Å². The van der Waals surface area contributed by atoms with Crippen LogP contribution in [0.2, 0.25) is 0 Å². The molecule has 3 aromatic rings. The van der Waals surface area contributed by atoms with Crippen molar-refractivity contribution in [1.29, 1.82) is 0 Å². The minimum absolute atomic E-state index is 0.0597. The number of likely N-dealkylation sites (N-methyl/N-ethyl adjacent to an activating group) is 1. The van der Waals surface area contributed by atoms with Crippen LogP contribution in [0.5, 0.6) is 5.75 Å². The summed E-state index contributed by atoms with van der Waals surface area (Å²) in [4.78, 5) is 18.8. The van der Waals surface area contributed by atoms with E-state index >= 15 is 0 Å². The van der Waals surface area contributed by atoms with Crippen molar-refractivity contribution in [2.24, 2.45) is 0 Å². The van der Waals surface area contributed by atoms with Crippen LogP contribution in [0.15, 0.2) is 66.0 Å². The molecule has 0 spiro atoms. The first-order chi connectivity index (χ1) is 17.5. The lowest BCUT2D eigenvalue weighted by atomic mass is 10.0. The van der Waals surface area contributed by atoms with Gasteiger partial charge in [0.05, 0.1) is 31.9 Å². The summed E-state index contributed by atoms with van der Waals surface area (Å²) in [5.41, 5.74) is 3.34. The van der Waals surface area contributed by atoms with E-state index < -0.39 is 6.10 Å². The molecule has 1 aliphatic heterocycles. The van der Waals surface area contributed by atoms with Crippen LogP contribution >= 0.6 is 11.3 Å². The maximum absolute atomic E-state index is 13.5. The number of nitrogens with zero attached hydrogens (tertiary/aromatic N) is 2. The van der Waals surface area contributed by atoms with Crippen molar-refractivity contribution in [3.63, 3.8) is 0 Å². The van der Waals surface area contributed by atoms with Gasteiger partial charge >= 0.3 is 0 Å². The number of rotatable bonds is 12. The number of fused-ring (bicyclic) bond motifs is 1. The zero-order chi connectivity index (χ0) is 25.3. The molecule has 192 valence electrons. The van der Waals surface area contributed by atoms with Crippen LogP contribution in [0.4, 0.5) is 0 Å². The van der Waals surface area contributed by atoms with Gasteiger partial charge < -0.3 is 19.5 Å². The Morgan fingerprint density at radius 1 is 1.17 bits per heavy atom. The molecule has 2 heterocycles. The first kappa shape index (κ1) is 26.4. The highest BCUT2D eigenvalue weighted by molar-refractivity contribution is 7.10. The molecule has 2 aromatic carbocycles. The molecular formula is C29H36N2O4S. The van der Waals surface area contributed by atoms with Crippen molar-refractivity contribution >= 4 is 17.2 Å². The fourth-order valence-corrected chi connectivity index (χ4v) is 5.52. The minimum atomic E-state index is -0.661. The van der Waals surface area contributed by atoms with Gasteiger partial charge in [0.15, 0.2) is 0 Å². The van der Waals surface area contributed by atoms with E-state index in [9.17, 15) is 9.90 Å². The topological polar surface area (TPSA) is 62.2 Å². The minimum Gasteiger partial charge on any atom is -0.491 e. The lowest BCUT2D eigenvalue weighted by molar-refractivity contribution is -0.136. The van der Waals surface area contributed by atoms with Crippen LogP contribution < -0.4 is 4.74 Å². The average Bonchev–Trinajstić information content (AvgIpc) is 3.37. The van der Waals surface area contributed by atoms with Gasteiger partial charge in [-0.3, -0.25) is 9.69 Å². The van der Waals surface area contributed by atoms with E-state index in [0.29, 0.717) is 32.8 Å².